The van der Waals surface area contributed by atoms with E-state index < -0.39 is 6.04 Å². The summed E-state index contributed by atoms with van der Waals surface area (Å²) in [7, 11) is 1.34. The van der Waals surface area contributed by atoms with Gasteiger partial charge in [-0.2, -0.15) is 0 Å². The minimum absolute atomic E-state index is 0. The molecule has 0 aromatic carbocycles. The molecule has 1 fully saturated rings. The van der Waals surface area contributed by atoms with E-state index in [0.717, 1.165) is 32.4 Å². The second-order valence-corrected chi connectivity index (χ2v) is 4.78. The molecule has 1 aliphatic rings. The number of carbonyl (C=O) groups excluding carboxylic acids is 2. The molecule has 0 aromatic heterocycles. The molecule has 1 unspecified atom stereocenters. The molecule has 19 heavy (non-hydrogen) atoms. The normalized spacial score (nSPS) is 17.2. The van der Waals surface area contributed by atoms with Crippen LogP contribution in [0.2, 0.25) is 0 Å². The quantitative estimate of drug-likeness (QED) is 0.723. The van der Waals surface area contributed by atoms with E-state index >= 15 is 0 Å². The largest absolute Gasteiger partial charge is 0.467 e. The molecule has 0 saturated carbocycles. The SMILES string of the molecule is CCC(NC(=O)CCC1CCNCC1)C(=O)OC.Cl. The van der Waals surface area contributed by atoms with Gasteiger partial charge in [0, 0.05) is 6.42 Å². The lowest BCUT2D eigenvalue weighted by Gasteiger charge is -2.22. The Morgan fingerprint density at radius 3 is 2.53 bits per heavy atom. The molecule has 1 saturated heterocycles. The number of rotatable bonds is 6. The van der Waals surface area contributed by atoms with E-state index in [2.05, 4.69) is 15.4 Å². The van der Waals surface area contributed by atoms with E-state index in [1.165, 1.54) is 7.11 Å². The third-order valence-electron chi connectivity index (χ3n) is 3.47. The lowest BCUT2D eigenvalue weighted by Crippen LogP contribution is -2.41. The molecule has 5 nitrogen and oxygen atoms in total. The average Bonchev–Trinajstić information content (AvgIpc) is 2.42. The van der Waals surface area contributed by atoms with Gasteiger partial charge in [-0.3, -0.25) is 4.79 Å². The summed E-state index contributed by atoms with van der Waals surface area (Å²) in [5.74, 6) is 0.216. The second-order valence-electron chi connectivity index (χ2n) is 4.78. The first kappa shape index (κ1) is 18.2. The zero-order chi connectivity index (χ0) is 13.4. The average molecular weight is 293 g/mol. The first-order valence-corrected chi connectivity index (χ1v) is 6.75. The molecule has 1 atom stereocenters. The van der Waals surface area contributed by atoms with Crippen molar-refractivity contribution in [1.82, 2.24) is 10.6 Å². The zero-order valence-electron chi connectivity index (χ0n) is 11.7. The van der Waals surface area contributed by atoms with Crippen LogP contribution >= 0.6 is 12.4 Å². The van der Waals surface area contributed by atoms with Crippen LogP contribution in [0.15, 0.2) is 0 Å². The van der Waals surface area contributed by atoms with Crippen molar-refractivity contribution in [2.24, 2.45) is 5.92 Å². The lowest BCUT2D eigenvalue weighted by molar-refractivity contribution is -0.145. The maximum Gasteiger partial charge on any atom is 0.328 e. The smallest absolute Gasteiger partial charge is 0.328 e. The van der Waals surface area contributed by atoms with Crippen LogP contribution in [0.25, 0.3) is 0 Å². The fourth-order valence-electron chi connectivity index (χ4n) is 2.24. The van der Waals surface area contributed by atoms with Gasteiger partial charge in [-0.05, 0) is 44.7 Å². The van der Waals surface area contributed by atoms with Gasteiger partial charge in [-0.15, -0.1) is 12.4 Å². The number of nitrogens with one attached hydrogen (secondary N) is 2. The van der Waals surface area contributed by atoms with E-state index in [4.69, 9.17) is 0 Å². The fraction of sp³-hybridized carbons (Fsp3) is 0.846. The van der Waals surface area contributed by atoms with Gasteiger partial charge in [0.25, 0.3) is 0 Å². The van der Waals surface area contributed by atoms with E-state index in [1.807, 2.05) is 6.92 Å². The fourth-order valence-corrected chi connectivity index (χ4v) is 2.24. The van der Waals surface area contributed by atoms with Gasteiger partial charge < -0.3 is 15.4 Å². The Morgan fingerprint density at radius 1 is 1.37 bits per heavy atom. The summed E-state index contributed by atoms with van der Waals surface area (Å²) in [6, 6.07) is -0.504. The van der Waals surface area contributed by atoms with Gasteiger partial charge in [-0.1, -0.05) is 6.92 Å². The van der Waals surface area contributed by atoms with E-state index in [0.29, 0.717) is 18.8 Å². The first-order chi connectivity index (χ1) is 8.67. The van der Waals surface area contributed by atoms with Crippen molar-refractivity contribution >= 4 is 24.3 Å². The Hall–Kier alpha value is -0.810. The molecule has 0 spiro atoms. The lowest BCUT2D eigenvalue weighted by atomic mass is 9.93. The molecule has 6 heteroatoms. The molecule has 1 rings (SSSR count). The minimum atomic E-state index is -0.504. The van der Waals surface area contributed by atoms with Crippen LogP contribution in [0.1, 0.15) is 39.0 Å². The predicted octanol–water partition coefficient (Wildman–Crippen LogP) is 1.26. The van der Waals surface area contributed by atoms with Crippen molar-refractivity contribution in [1.29, 1.82) is 0 Å². The molecule has 1 amide bonds. The topological polar surface area (TPSA) is 67.4 Å². The summed E-state index contributed by atoms with van der Waals surface area (Å²) in [6.45, 7) is 3.95. The minimum Gasteiger partial charge on any atom is -0.467 e. The number of hydrogen-bond donors (Lipinski definition) is 2. The van der Waals surface area contributed by atoms with Crippen LogP contribution in [0, 0.1) is 5.92 Å². The highest BCUT2D eigenvalue weighted by molar-refractivity contribution is 5.85. The molecule has 1 heterocycles. The van der Waals surface area contributed by atoms with Gasteiger partial charge >= 0.3 is 5.97 Å². The Bertz CT molecular complexity index is 281. The molecule has 0 radical (unpaired) electrons. The predicted molar refractivity (Wildman–Crippen MR) is 76.3 cm³/mol. The van der Waals surface area contributed by atoms with Gasteiger partial charge in [0.05, 0.1) is 7.11 Å². The molecular weight excluding hydrogens is 268 g/mol. The molecule has 0 aromatic rings. The van der Waals surface area contributed by atoms with Crippen LogP contribution in [-0.2, 0) is 14.3 Å². The maximum atomic E-state index is 11.7. The molecule has 112 valence electrons. The Kier molecular flexibility index (Phi) is 9.61. The molecule has 0 bridgehead atoms. The first-order valence-electron chi connectivity index (χ1n) is 6.75. The summed E-state index contributed by atoms with van der Waals surface area (Å²) < 4.78 is 4.64. The standard InChI is InChI=1S/C13H24N2O3.ClH/c1-3-11(13(17)18-2)15-12(16)5-4-10-6-8-14-9-7-10;/h10-11,14H,3-9H2,1-2H3,(H,15,16);1H. The van der Waals surface area contributed by atoms with Crippen molar-refractivity contribution in [3.63, 3.8) is 0 Å². The Labute approximate surface area is 121 Å². The summed E-state index contributed by atoms with van der Waals surface area (Å²) in [5, 5.41) is 6.03. The maximum absolute atomic E-state index is 11.7. The van der Waals surface area contributed by atoms with Crippen LogP contribution in [0.3, 0.4) is 0 Å². The molecule has 0 aliphatic carbocycles. The number of esters is 1. The highest BCUT2D eigenvalue weighted by Crippen LogP contribution is 2.17. The highest BCUT2D eigenvalue weighted by Gasteiger charge is 2.20. The van der Waals surface area contributed by atoms with Crippen molar-refractivity contribution in [3.05, 3.63) is 0 Å². The number of carbonyl (C=O) groups is 2. The third kappa shape index (κ3) is 6.78. The van der Waals surface area contributed by atoms with Crippen molar-refractivity contribution in [2.45, 2.75) is 45.1 Å². The van der Waals surface area contributed by atoms with Crippen LogP contribution in [0.5, 0.6) is 0 Å². The zero-order valence-corrected chi connectivity index (χ0v) is 12.6. The third-order valence-corrected chi connectivity index (χ3v) is 3.47. The summed E-state index contributed by atoms with van der Waals surface area (Å²) in [5.41, 5.74) is 0. The monoisotopic (exact) mass is 292 g/mol. The molecule has 2 N–H and O–H groups in total. The highest BCUT2D eigenvalue weighted by atomic mass is 35.5. The Morgan fingerprint density at radius 2 is 2.00 bits per heavy atom. The van der Waals surface area contributed by atoms with Crippen LogP contribution < -0.4 is 10.6 Å². The molecular formula is C13H25ClN2O3. The van der Waals surface area contributed by atoms with E-state index in [1.54, 1.807) is 0 Å². The van der Waals surface area contributed by atoms with Gasteiger partial charge in [-0.25, -0.2) is 4.79 Å². The van der Waals surface area contributed by atoms with Gasteiger partial charge in [0.15, 0.2) is 0 Å². The van der Waals surface area contributed by atoms with E-state index in [-0.39, 0.29) is 24.3 Å². The number of amides is 1. The van der Waals surface area contributed by atoms with Gasteiger partial charge in [0.1, 0.15) is 6.04 Å². The number of ether oxygens (including phenoxy) is 1. The summed E-state index contributed by atoms with van der Waals surface area (Å²) >= 11 is 0. The van der Waals surface area contributed by atoms with Crippen LogP contribution in [0.4, 0.5) is 0 Å². The number of piperidine rings is 1. The Balaban J connectivity index is 0.00000324. The second kappa shape index (κ2) is 10.0. The summed E-state index contributed by atoms with van der Waals surface area (Å²) in [4.78, 5) is 23.1. The number of methoxy groups -OCH3 is 1. The molecule has 1 aliphatic heterocycles. The van der Waals surface area contributed by atoms with E-state index in [9.17, 15) is 9.59 Å². The van der Waals surface area contributed by atoms with Crippen LogP contribution in [-0.4, -0.2) is 38.1 Å². The van der Waals surface area contributed by atoms with Gasteiger partial charge in [0.2, 0.25) is 5.91 Å². The van der Waals surface area contributed by atoms with Crippen molar-refractivity contribution < 1.29 is 14.3 Å². The number of hydrogen-bond acceptors (Lipinski definition) is 4. The van der Waals surface area contributed by atoms with Crippen molar-refractivity contribution in [2.75, 3.05) is 20.2 Å². The number of halogens is 1. The van der Waals surface area contributed by atoms with Crippen molar-refractivity contribution in [3.8, 4) is 0 Å². The summed E-state index contributed by atoms with van der Waals surface area (Å²) in [6.07, 6.45) is 4.25.